The molecule has 0 radical (unpaired) electrons. The van der Waals surface area contributed by atoms with Crippen molar-refractivity contribution in [2.75, 3.05) is 0 Å². The van der Waals surface area contributed by atoms with E-state index in [9.17, 15) is 13.6 Å². The third-order valence-corrected chi connectivity index (χ3v) is 4.27. The number of allylic oxidation sites excluding steroid dienone is 1. The minimum Gasteiger partial charge on any atom is -0.310 e. The van der Waals surface area contributed by atoms with Crippen LogP contribution in [0.15, 0.2) is 42.0 Å². The molecule has 0 N–H and O–H groups in total. The maximum atomic E-state index is 14.1. The van der Waals surface area contributed by atoms with E-state index in [2.05, 4.69) is 16.7 Å². The molecular formula is C15H12F2N4OS. The molecule has 5 nitrogen and oxygen atoms in total. The topological polar surface area (TPSA) is 52.2 Å². The summed E-state index contributed by atoms with van der Waals surface area (Å²) in [5.41, 5.74) is 0.507. The first kappa shape index (κ1) is 15.3. The van der Waals surface area contributed by atoms with Crippen molar-refractivity contribution < 1.29 is 13.6 Å². The van der Waals surface area contributed by atoms with E-state index < -0.39 is 17.5 Å². The average Bonchev–Trinajstić information content (AvgIpc) is 3.04. The summed E-state index contributed by atoms with van der Waals surface area (Å²) in [6.45, 7) is 3.87. The molecule has 0 spiro atoms. The maximum absolute atomic E-state index is 14.1. The lowest BCUT2D eigenvalue weighted by atomic mass is 10.3. The number of hydrogen-bond donors (Lipinski definition) is 0. The summed E-state index contributed by atoms with van der Waals surface area (Å²) in [6.07, 6.45) is 3.04. The summed E-state index contributed by atoms with van der Waals surface area (Å²) in [6, 6.07) is 3.56. The predicted molar refractivity (Wildman–Crippen MR) is 83.0 cm³/mol. The van der Waals surface area contributed by atoms with Crippen LogP contribution in [0.1, 0.15) is 10.5 Å². The molecule has 118 valence electrons. The van der Waals surface area contributed by atoms with E-state index in [1.54, 1.807) is 13.1 Å². The summed E-state index contributed by atoms with van der Waals surface area (Å²) in [7, 11) is 1.63. The molecule has 3 aromatic rings. The van der Waals surface area contributed by atoms with Gasteiger partial charge in [-0.1, -0.05) is 17.4 Å². The number of fused-ring (bicyclic) bond motifs is 1. The Morgan fingerprint density at radius 2 is 2.26 bits per heavy atom. The van der Waals surface area contributed by atoms with E-state index in [-0.39, 0.29) is 16.9 Å². The number of carbonyl (C=O) groups is 1. The Kier molecular flexibility index (Phi) is 3.91. The molecule has 0 fully saturated rings. The number of aryl methyl sites for hydroxylation is 1. The number of benzene rings is 1. The lowest BCUT2D eigenvalue weighted by Gasteiger charge is -2.02. The maximum Gasteiger partial charge on any atom is 0.297 e. The van der Waals surface area contributed by atoms with E-state index in [1.807, 2.05) is 0 Å². The molecule has 1 aromatic carbocycles. The van der Waals surface area contributed by atoms with Gasteiger partial charge in [0.05, 0.1) is 10.2 Å². The highest BCUT2D eigenvalue weighted by Crippen LogP contribution is 2.22. The van der Waals surface area contributed by atoms with Crippen molar-refractivity contribution in [3.8, 4) is 0 Å². The van der Waals surface area contributed by atoms with Crippen LogP contribution in [0.25, 0.3) is 10.2 Å². The van der Waals surface area contributed by atoms with Gasteiger partial charge in [0.2, 0.25) is 0 Å². The lowest BCUT2D eigenvalue weighted by Crippen LogP contribution is -2.17. The SMILES string of the molecule is C=CCn1c(=NC(=O)c2ccnn2C)sc2cc(F)cc(F)c21. The Morgan fingerprint density at radius 1 is 1.48 bits per heavy atom. The van der Waals surface area contributed by atoms with Crippen molar-refractivity contribution in [2.45, 2.75) is 6.54 Å². The van der Waals surface area contributed by atoms with Crippen LogP contribution < -0.4 is 4.80 Å². The Balaban J connectivity index is 2.24. The number of nitrogens with zero attached hydrogens (tertiary/aromatic N) is 4. The fourth-order valence-corrected chi connectivity index (χ4v) is 3.32. The van der Waals surface area contributed by atoms with Gasteiger partial charge in [-0.15, -0.1) is 6.58 Å². The molecule has 0 saturated carbocycles. The summed E-state index contributed by atoms with van der Waals surface area (Å²) < 4.78 is 30.8. The first-order chi connectivity index (χ1) is 11.0. The highest BCUT2D eigenvalue weighted by Gasteiger charge is 2.14. The van der Waals surface area contributed by atoms with Crippen molar-refractivity contribution in [1.29, 1.82) is 0 Å². The molecule has 8 heteroatoms. The fourth-order valence-electron chi connectivity index (χ4n) is 2.24. The zero-order valence-corrected chi connectivity index (χ0v) is 13.0. The fraction of sp³-hybridized carbons (Fsp3) is 0.133. The van der Waals surface area contributed by atoms with Gasteiger partial charge in [-0.25, -0.2) is 8.78 Å². The van der Waals surface area contributed by atoms with Crippen LogP contribution in [0.4, 0.5) is 8.78 Å². The zero-order chi connectivity index (χ0) is 16.6. The van der Waals surface area contributed by atoms with Gasteiger partial charge in [-0.2, -0.15) is 10.1 Å². The average molecular weight is 334 g/mol. The van der Waals surface area contributed by atoms with Crippen molar-refractivity contribution >= 4 is 27.5 Å². The van der Waals surface area contributed by atoms with Crippen LogP contribution in [0.3, 0.4) is 0 Å². The Hall–Kier alpha value is -2.61. The summed E-state index contributed by atoms with van der Waals surface area (Å²) >= 11 is 1.04. The van der Waals surface area contributed by atoms with Gasteiger partial charge in [-0.3, -0.25) is 9.48 Å². The van der Waals surface area contributed by atoms with Gasteiger partial charge < -0.3 is 4.57 Å². The van der Waals surface area contributed by atoms with Crippen LogP contribution in [-0.2, 0) is 13.6 Å². The Labute approximate surface area is 133 Å². The van der Waals surface area contributed by atoms with Crippen molar-refractivity contribution in [3.05, 3.63) is 59.2 Å². The van der Waals surface area contributed by atoms with Crippen LogP contribution >= 0.6 is 11.3 Å². The summed E-state index contributed by atoms with van der Waals surface area (Å²) in [5, 5.41) is 3.91. The zero-order valence-electron chi connectivity index (χ0n) is 12.2. The van der Waals surface area contributed by atoms with Crippen molar-refractivity contribution in [1.82, 2.24) is 14.3 Å². The van der Waals surface area contributed by atoms with Gasteiger partial charge in [0, 0.05) is 25.9 Å². The molecule has 1 amide bonds. The van der Waals surface area contributed by atoms with Gasteiger partial charge in [0.15, 0.2) is 10.6 Å². The van der Waals surface area contributed by atoms with Crippen LogP contribution in [0, 0.1) is 11.6 Å². The van der Waals surface area contributed by atoms with Crippen LogP contribution in [0.5, 0.6) is 0 Å². The highest BCUT2D eigenvalue weighted by atomic mass is 32.1. The molecule has 23 heavy (non-hydrogen) atoms. The number of aromatic nitrogens is 3. The predicted octanol–water partition coefficient (Wildman–Crippen LogP) is 2.64. The minimum absolute atomic E-state index is 0.202. The number of hydrogen-bond acceptors (Lipinski definition) is 3. The summed E-state index contributed by atoms with van der Waals surface area (Å²) in [5.74, 6) is -1.88. The number of thiazole rings is 1. The number of amides is 1. The monoisotopic (exact) mass is 334 g/mol. The number of halogens is 2. The minimum atomic E-state index is -0.701. The van der Waals surface area contributed by atoms with E-state index in [1.165, 1.54) is 27.6 Å². The molecule has 3 rings (SSSR count). The van der Waals surface area contributed by atoms with E-state index in [0.717, 1.165) is 17.4 Å². The molecule has 0 saturated heterocycles. The first-order valence-corrected chi connectivity index (χ1v) is 7.49. The number of carbonyl (C=O) groups excluding carboxylic acids is 1. The van der Waals surface area contributed by atoms with Crippen molar-refractivity contribution in [2.24, 2.45) is 12.0 Å². The first-order valence-electron chi connectivity index (χ1n) is 6.67. The highest BCUT2D eigenvalue weighted by molar-refractivity contribution is 7.16. The third kappa shape index (κ3) is 2.72. The molecular weight excluding hydrogens is 322 g/mol. The van der Waals surface area contributed by atoms with E-state index >= 15 is 0 Å². The quantitative estimate of drug-likeness (QED) is 0.692. The molecule has 0 unspecified atom stereocenters. The van der Waals surface area contributed by atoms with Gasteiger partial charge in [0.1, 0.15) is 11.5 Å². The largest absolute Gasteiger partial charge is 0.310 e. The standard InChI is InChI=1S/C15H12F2N4OS/c1-3-6-21-13-10(17)7-9(16)8-12(13)23-15(21)19-14(22)11-4-5-18-20(11)2/h3-5,7-8H,1,6H2,2H3. The van der Waals surface area contributed by atoms with Gasteiger partial charge in [0.25, 0.3) is 5.91 Å². The van der Waals surface area contributed by atoms with Gasteiger partial charge >= 0.3 is 0 Å². The normalized spacial score (nSPS) is 12.0. The van der Waals surface area contributed by atoms with Crippen LogP contribution in [0.2, 0.25) is 0 Å². The molecule has 2 aromatic heterocycles. The molecule has 0 aliphatic heterocycles. The lowest BCUT2D eigenvalue weighted by molar-refractivity contribution is 0.0989. The van der Waals surface area contributed by atoms with E-state index in [4.69, 9.17) is 0 Å². The smallest absolute Gasteiger partial charge is 0.297 e. The number of rotatable bonds is 3. The molecule has 0 atom stereocenters. The molecule has 2 heterocycles. The van der Waals surface area contributed by atoms with Gasteiger partial charge in [-0.05, 0) is 12.1 Å². The second kappa shape index (κ2) is 5.88. The second-order valence-corrected chi connectivity index (χ2v) is 5.78. The van der Waals surface area contributed by atoms with E-state index in [0.29, 0.717) is 10.4 Å². The molecule has 0 bridgehead atoms. The Morgan fingerprint density at radius 3 is 2.91 bits per heavy atom. The second-order valence-electron chi connectivity index (χ2n) is 4.78. The Bertz CT molecular complexity index is 983. The third-order valence-electron chi connectivity index (χ3n) is 3.24. The van der Waals surface area contributed by atoms with Crippen molar-refractivity contribution in [3.63, 3.8) is 0 Å². The summed E-state index contributed by atoms with van der Waals surface area (Å²) in [4.78, 5) is 16.6. The molecule has 0 aliphatic carbocycles. The van der Waals surface area contributed by atoms with Crippen LogP contribution in [-0.4, -0.2) is 20.3 Å². The molecule has 0 aliphatic rings.